The van der Waals surface area contributed by atoms with Gasteiger partial charge in [0.25, 0.3) is 0 Å². The van der Waals surface area contributed by atoms with Crippen LogP contribution in [0.3, 0.4) is 0 Å². The lowest BCUT2D eigenvalue weighted by molar-refractivity contribution is -0.123. The van der Waals surface area contributed by atoms with E-state index in [2.05, 4.69) is 6.92 Å². The van der Waals surface area contributed by atoms with E-state index in [1.807, 2.05) is 20.8 Å². The zero-order chi connectivity index (χ0) is 9.40. The van der Waals surface area contributed by atoms with Crippen LogP contribution in [0.5, 0.6) is 0 Å². The molecular formula is C9H19O3. The molecule has 0 N–H and O–H groups in total. The zero-order valence-corrected chi connectivity index (χ0v) is 8.21. The fraction of sp³-hybridized carbons (Fsp3) is 0.889. The predicted octanol–water partition coefficient (Wildman–Crippen LogP) is 1.62. The van der Waals surface area contributed by atoms with Gasteiger partial charge in [-0.25, -0.2) is 0 Å². The third-order valence-corrected chi connectivity index (χ3v) is 1.19. The van der Waals surface area contributed by atoms with E-state index < -0.39 is 0 Å². The van der Waals surface area contributed by atoms with Crippen LogP contribution in [0.15, 0.2) is 0 Å². The van der Waals surface area contributed by atoms with Crippen LogP contribution >= 0.6 is 0 Å². The molecular weight excluding hydrogens is 156 g/mol. The fourth-order valence-corrected chi connectivity index (χ4v) is 0.697. The Labute approximate surface area is 75.0 Å². The van der Waals surface area contributed by atoms with Crippen LogP contribution in [0.25, 0.3) is 0 Å². The van der Waals surface area contributed by atoms with E-state index in [1.54, 1.807) is 0 Å². The van der Waals surface area contributed by atoms with Crippen molar-refractivity contribution < 1.29 is 14.2 Å². The second-order valence-electron chi connectivity index (χ2n) is 2.68. The molecule has 0 aromatic carbocycles. The van der Waals surface area contributed by atoms with Crippen molar-refractivity contribution in [3.63, 3.8) is 0 Å². The summed E-state index contributed by atoms with van der Waals surface area (Å²) >= 11 is 0. The molecule has 0 amide bonds. The topological polar surface area (TPSA) is 27.7 Å². The molecule has 1 unspecified atom stereocenters. The van der Waals surface area contributed by atoms with Crippen molar-refractivity contribution in [2.24, 2.45) is 0 Å². The minimum atomic E-state index is -0.370. The molecule has 1 radical (unpaired) electrons. The monoisotopic (exact) mass is 175 g/mol. The lowest BCUT2D eigenvalue weighted by atomic mass is 10.5. The number of hydrogen-bond acceptors (Lipinski definition) is 3. The molecule has 73 valence electrons. The summed E-state index contributed by atoms with van der Waals surface area (Å²) in [6, 6.07) is 0. The molecule has 0 aromatic heterocycles. The zero-order valence-electron chi connectivity index (χ0n) is 8.21. The van der Waals surface area contributed by atoms with E-state index in [0.29, 0.717) is 19.8 Å². The van der Waals surface area contributed by atoms with Crippen molar-refractivity contribution in [3.8, 4) is 0 Å². The number of ether oxygens (including phenoxy) is 3. The quantitative estimate of drug-likeness (QED) is 0.435. The van der Waals surface area contributed by atoms with Crippen molar-refractivity contribution >= 4 is 0 Å². The molecule has 0 heterocycles. The van der Waals surface area contributed by atoms with Crippen molar-refractivity contribution in [2.75, 3.05) is 19.8 Å². The third kappa shape index (κ3) is 7.98. The number of rotatable bonds is 7. The first-order valence-electron chi connectivity index (χ1n) is 4.34. The van der Waals surface area contributed by atoms with Crippen LogP contribution in [-0.2, 0) is 14.2 Å². The molecule has 0 saturated carbocycles. The Kier molecular flexibility index (Phi) is 7.45. The summed E-state index contributed by atoms with van der Waals surface area (Å²) in [4.78, 5) is 0. The van der Waals surface area contributed by atoms with Gasteiger partial charge in [-0.1, -0.05) is 0 Å². The Morgan fingerprint density at radius 2 is 1.67 bits per heavy atom. The van der Waals surface area contributed by atoms with Gasteiger partial charge in [-0.3, -0.25) is 0 Å². The van der Waals surface area contributed by atoms with Crippen LogP contribution in [-0.4, -0.2) is 32.2 Å². The molecule has 0 bridgehead atoms. The molecule has 0 saturated heterocycles. The van der Waals surface area contributed by atoms with Gasteiger partial charge >= 0.3 is 0 Å². The summed E-state index contributed by atoms with van der Waals surface area (Å²) in [7, 11) is 0. The van der Waals surface area contributed by atoms with Crippen molar-refractivity contribution in [3.05, 3.63) is 6.92 Å². The smallest absolute Gasteiger partial charge is 0.157 e. The minimum absolute atomic E-state index is 0.254. The summed E-state index contributed by atoms with van der Waals surface area (Å²) in [5, 5.41) is 0. The van der Waals surface area contributed by atoms with Crippen LogP contribution < -0.4 is 0 Å². The lowest BCUT2D eigenvalue weighted by Crippen LogP contribution is -2.17. The lowest BCUT2D eigenvalue weighted by Gasteiger charge is -2.13. The molecule has 0 fully saturated rings. The highest BCUT2D eigenvalue weighted by molar-refractivity contribution is 4.44. The maximum atomic E-state index is 5.26. The largest absolute Gasteiger partial charge is 0.376 e. The summed E-state index contributed by atoms with van der Waals surface area (Å²) in [6.07, 6.45) is -0.116. The second-order valence-corrected chi connectivity index (χ2v) is 2.68. The van der Waals surface area contributed by atoms with Crippen LogP contribution in [0.1, 0.15) is 20.8 Å². The van der Waals surface area contributed by atoms with E-state index in [1.165, 1.54) is 0 Å². The van der Waals surface area contributed by atoms with Gasteiger partial charge in [0.2, 0.25) is 0 Å². The Morgan fingerprint density at radius 3 is 2.17 bits per heavy atom. The average molecular weight is 175 g/mol. The summed E-state index contributed by atoms with van der Waals surface area (Å²) in [5.41, 5.74) is 0. The van der Waals surface area contributed by atoms with Gasteiger partial charge in [-0.2, -0.15) is 0 Å². The summed E-state index contributed by atoms with van der Waals surface area (Å²) in [6.45, 7) is 11.3. The predicted molar refractivity (Wildman–Crippen MR) is 47.8 cm³/mol. The standard InChI is InChI=1S/C9H19O3/c1-5-10-9(4)12-7-6-11-8(2)3/h8-9H,4-7H2,1-3H3. The first-order chi connectivity index (χ1) is 5.66. The highest BCUT2D eigenvalue weighted by Crippen LogP contribution is 1.93. The van der Waals surface area contributed by atoms with Crippen molar-refractivity contribution in [2.45, 2.75) is 33.2 Å². The molecule has 1 atom stereocenters. The van der Waals surface area contributed by atoms with Crippen molar-refractivity contribution in [1.29, 1.82) is 0 Å². The maximum absolute atomic E-state index is 5.26. The second kappa shape index (κ2) is 7.53. The van der Waals surface area contributed by atoms with E-state index >= 15 is 0 Å². The molecule has 0 aliphatic carbocycles. The van der Waals surface area contributed by atoms with Crippen LogP contribution in [0, 0.1) is 6.92 Å². The number of hydrogen-bond donors (Lipinski definition) is 0. The molecule has 0 spiro atoms. The Bertz CT molecular complexity index is 93.8. The molecule has 0 aliphatic rings. The van der Waals surface area contributed by atoms with Crippen LogP contribution in [0.4, 0.5) is 0 Å². The van der Waals surface area contributed by atoms with Gasteiger partial charge in [0.15, 0.2) is 6.29 Å². The Morgan fingerprint density at radius 1 is 1.08 bits per heavy atom. The fourth-order valence-electron chi connectivity index (χ4n) is 0.697. The van der Waals surface area contributed by atoms with Gasteiger partial charge in [0, 0.05) is 13.5 Å². The van der Waals surface area contributed by atoms with Gasteiger partial charge in [-0.15, -0.1) is 0 Å². The highest BCUT2D eigenvalue weighted by Gasteiger charge is 2.00. The SMILES string of the molecule is [CH2]C(OCC)OCCOC(C)C. The van der Waals surface area contributed by atoms with E-state index in [9.17, 15) is 0 Å². The molecule has 3 nitrogen and oxygen atoms in total. The minimum Gasteiger partial charge on any atom is -0.376 e. The van der Waals surface area contributed by atoms with Gasteiger partial charge in [0.05, 0.1) is 19.3 Å². The van der Waals surface area contributed by atoms with Gasteiger partial charge in [0.1, 0.15) is 0 Å². The molecule has 12 heavy (non-hydrogen) atoms. The highest BCUT2D eigenvalue weighted by atomic mass is 16.7. The maximum Gasteiger partial charge on any atom is 0.157 e. The summed E-state index contributed by atoms with van der Waals surface area (Å²) < 4.78 is 15.5. The molecule has 0 rings (SSSR count). The van der Waals surface area contributed by atoms with E-state index in [4.69, 9.17) is 14.2 Å². The molecule has 0 aliphatic heterocycles. The molecule has 0 aromatic rings. The van der Waals surface area contributed by atoms with E-state index in [-0.39, 0.29) is 12.4 Å². The third-order valence-electron chi connectivity index (χ3n) is 1.19. The Hall–Kier alpha value is -0.120. The summed E-state index contributed by atoms with van der Waals surface area (Å²) in [5.74, 6) is 0. The average Bonchev–Trinajstić information content (AvgIpc) is 1.98. The first kappa shape index (κ1) is 11.9. The van der Waals surface area contributed by atoms with Crippen molar-refractivity contribution in [1.82, 2.24) is 0 Å². The van der Waals surface area contributed by atoms with Gasteiger partial charge in [-0.05, 0) is 20.8 Å². The first-order valence-corrected chi connectivity index (χ1v) is 4.34. The Balaban J connectivity index is 3.08. The van der Waals surface area contributed by atoms with E-state index in [0.717, 1.165) is 0 Å². The molecule has 3 heteroatoms. The normalized spacial score (nSPS) is 13.8. The van der Waals surface area contributed by atoms with Crippen LogP contribution in [0.2, 0.25) is 0 Å². The van der Waals surface area contributed by atoms with Gasteiger partial charge < -0.3 is 14.2 Å².